The number of rotatable bonds is 5. The van der Waals surface area contributed by atoms with Gasteiger partial charge >= 0.3 is 0 Å². The lowest BCUT2D eigenvalue weighted by atomic mass is 10.0. The molecule has 0 aliphatic heterocycles. The van der Waals surface area contributed by atoms with Gasteiger partial charge in [-0.15, -0.1) is 0 Å². The molecule has 2 N–H and O–H groups in total. The Balaban J connectivity index is 2.38. The first-order chi connectivity index (χ1) is 9.15. The molecule has 0 aliphatic carbocycles. The van der Waals surface area contributed by atoms with Crippen LogP contribution in [0.4, 0.5) is 0 Å². The molecule has 1 aromatic carbocycles. The van der Waals surface area contributed by atoms with Crippen molar-refractivity contribution in [3.63, 3.8) is 0 Å². The summed E-state index contributed by atoms with van der Waals surface area (Å²) in [5.41, 5.74) is 4.42. The fourth-order valence-electron chi connectivity index (χ4n) is 2.26. The van der Waals surface area contributed by atoms with Crippen LogP contribution >= 0.6 is 0 Å². The molecule has 4 nitrogen and oxygen atoms in total. The van der Waals surface area contributed by atoms with Crippen LogP contribution in [0, 0.1) is 13.8 Å². The number of methoxy groups -OCH3 is 1. The highest BCUT2D eigenvalue weighted by Gasteiger charge is 2.12. The predicted octanol–water partition coefficient (Wildman–Crippen LogP) is 2.81. The van der Waals surface area contributed by atoms with Crippen molar-refractivity contribution in [1.82, 2.24) is 15.3 Å². The van der Waals surface area contributed by atoms with E-state index in [9.17, 15) is 0 Å². The Morgan fingerprint density at radius 2 is 2.11 bits per heavy atom. The molecule has 19 heavy (non-hydrogen) atoms. The highest BCUT2D eigenvalue weighted by molar-refractivity contribution is 5.69. The molecule has 0 spiro atoms. The number of benzene rings is 1. The van der Waals surface area contributed by atoms with Gasteiger partial charge in [0.2, 0.25) is 0 Å². The SMILES string of the molecule is CCNCc1ncc(-c2cc(C)cc(C)c2OC)[nH]1. The Labute approximate surface area is 114 Å². The highest BCUT2D eigenvalue weighted by atomic mass is 16.5. The zero-order valence-corrected chi connectivity index (χ0v) is 12.0. The molecular weight excluding hydrogens is 238 g/mol. The first kappa shape index (κ1) is 13.6. The third-order valence-electron chi connectivity index (χ3n) is 3.08. The number of imidazole rings is 1. The summed E-state index contributed by atoms with van der Waals surface area (Å²) in [7, 11) is 1.71. The van der Waals surface area contributed by atoms with Gasteiger partial charge in [-0.3, -0.25) is 0 Å². The van der Waals surface area contributed by atoms with Crippen LogP contribution in [0.1, 0.15) is 23.9 Å². The van der Waals surface area contributed by atoms with E-state index in [2.05, 4.69) is 48.2 Å². The van der Waals surface area contributed by atoms with Gasteiger partial charge in [-0.25, -0.2) is 4.98 Å². The van der Waals surface area contributed by atoms with Crippen molar-refractivity contribution in [3.8, 4) is 17.0 Å². The van der Waals surface area contributed by atoms with Gasteiger partial charge in [0, 0.05) is 5.56 Å². The molecule has 0 fully saturated rings. The van der Waals surface area contributed by atoms with Crippen LogP contribution in [0.5, 0.6) is 5.75 Å². The third-order valence-corrected chi connectivity index (χ3v) is 3.08. The summed E-state index contributed by atoms with van der Waals surface area (Å²) in [6, 6.07) is 4.24. The van der Waals surface area contributed by atoms with Gasteiger partial charge in [0.05, 0.1) is 25.5 Å². The molecule has 0 aliphatic rings. The number of aryl methyl sites for hydroxylation is 2. The van der Waals surface area contributed by atoms with E-state index in [-0.39, 0.29) is 0 Å². The van der Waals surface area contributed by atoms with Crippen LogP contribution in [-0.2, 0) is 6.54 Å². The van der Waals surface area contributed by atoms with Crippen molar-refractivity contribution in [1.29, 1.82) is 0 Å². The Hall–Kier alpha value is -1.81. The third kappa shape index (κ3) is 2.96. The number of hydrogen-bond donors (Lipinski definition) is 2. The van der Waals surface area contributed by atoms with Gasteiger partial charge in [0.15, 0.2) is 0 Å². The van der Waals surface area contributed by atoms with Crippen LogP contribution in [0.15, 0.2) is 18.3 Å². The first-order valence-corrected chi connectivity index (χ1v) is 6.56. The number of nitrogens with zero attached hydrogens (tertiary/aromatic N) is 1. The van der Waals surface area contributed by atoms with Gasteiger partial charge < -0.3 is 15.0 Å². The van der Waals surface area contributed by atoms with Crippen LogP contribution in [0.2, 0.25) is 0 Å². The van der Waals surface area contributed by atoms with Crippen LogP contribution in [0.3, 0.4) is 0 Å². The average molecular weight is 259 g/mol. The van der Waals surface area contributed by atoms with Gasteiger partial charge in [0.1, 0.15) is 11.6 Å². The molecule has 4 heteroatoms. The van der Waals surface area contributed by atoms with Crippen molar-refractivity contribution in [2.24, 2.45) is 0 Å². The molecule has 0 atom stereocenters. The van der Waals surface area contributed by atoms with Crippen LogP contribution in [-0.4, -0.2) is 23.6 Å². The summed E-state index contributed by atoms with van der Waals surface area (Å²) >= 11 is 0. The lowest BCUT2D eigenvalue weighted by Gasteiger charge is -2.11. The van der Waals surface area contributed by atoms with Gasteiger partial charge in [0.25, 0.3) is 0 Å². The van der Waals surface area contributed by atoms with E-state index in [4.69, 9.17) is 4.74 Å². The maximum atomic E-state index is 5.51. The first-order valence-electron chi connectivity index (χ1n) is 6.56. The predicted molar refractivity (Wildman–Crippen MR) is 77.4 cm³/mol. The molecule has 1 aromatic heterocycles. The van der Waals surface area contributed by atoms with Crippen molar-refractivity contribution < 1.29 is 4.74 Å². The number of H-pyrrole nitrogens is 1. The highest BCUT2D eigenvalue weighted by Crippen LogP contribution is 2.32. The second-order valence-corrected chi connectivity index (χ2v) is 4.69. The second kappa shape index (κ2) is 5.89. The summed E-state index contributed by atoms with van der Waals surface area (Å²) in [6.07, 6.45) is 1.86. The molecule has 0 bridgehead atoms. The Morgan fingerprint density at radius 3 is 2.79 bits per heavy atom. The summed E-state index contributed by atoms with van der Waals surface area (Å²) < 4.78 is 5.51. The summed E-state index contributed by atoms with van der Waals surface area (Å²) in [4.78, 5) is 7.73. The molecule has 1 heterocycles. The van der Waals surface area contributed by atoms with Gasteiger partial charge in [-0.1, -0.05) is 13.0 Å². The molecule has 2 aromatic rings. The molecule has 2 rings (SSSR count). The Bertz CT molecular complexity index is 561. The minimum atomic E-state index is 0.754. The summed E-state index contributed by atoms with van der Waals surface area (Å²) in [6.45, 7) is 7.92. The topological polar surface area (TPSA) is 49.9 Å². The quantitative estimate of drug-likeness (QED) is 0.868. The van der Waals surface area contributed by atoms with Crippen molar-refractivity contribution in [2.75, 3.05) is 13.7 Å². The van der Waals surface area contributed by atoms with Crippen molar-refractivity contribution in [2.45, 2.75) is 27.3 Å². The molecule has 0 saturated carbocycles. The standard InChI is InChI=1S/C15H21N3O/c1-5-16-9-14-17-8-13(18-14)12-7-10(2)6-11(3)15(12)19-4/h6-8,16H,5,9H2,1-4H3,(H,17,18). The maximum absolute atomic E-state index is 5.51. The van der Waals surface area contributed by atoms with E-state index >= 15 is 0 Å². The van der Waals surface area contributed by atoms with E-state index in [0.29, 0.717) is 0 Å². The average Bonchev–Trinajstić information content (AvgIpc) is 2.84. The van der Waals surface area contributed by atoms with E-state index in [0.717, 1.165) is 41.5 Å². The second-order valence-electron chi connectivity index (χ2n) is 4.69. The monoisotopic (exact) mass is 259 g/mol. The Kier molecular flexibility index (Phi) is 4.22. The molecule has 0 radical (unpaired) electrons. The van der Waals surface area contributed by atoms with E-state index in [1.165, 1.54) is 5.56 Å². The van der Waals surface area contributed by atoms with Crippen molar-refractivity contribution >= 4 is 0 Å². The number of ether oxygens (including phenoxy) is 1. The Morgan fingerprint density at radius 1 is 1.32 bits per heavy atom. The molecule has 0 unspecified atom stereocenters. The van der Waals surface area contributed by atoms with Gasteiger partial charge in [-0.2, -0.15) is 0 Å². The summed E-state index contributed by atoms with van der Waals surface area (Å²) in [5, 5.41) is 3.26. The molecule has 0 amide bonds. The minimum Gasteiger partial charge on any atom is -0.496 e. The lowest BCUT2D eigenvalue weighted by molar-refractivity contribution is 0.413. The zero-order chi connectivity index (χ0) is 13.8. The number of nitrogens with one attached hydrogen (secondary N) is 2. The van der Waals surface area contributed by atoms with E-state index in [1.807, 2.05) is 6.20 Å². The minimum absolute atomic E-state index is 0.754. The normalized spacial score (nSPS) is 10.7. The molecule has 102 valence electrons. The lowest BCUT2D eigenvalue weighted by Crippen LogP contribution is -2.12. The maximum Gasteiger partial charge on any atom is 0.131 e. The van der Waals surface area contributed by atoms with E-state index < -0.39 is 0 Å². The fourth-order valence-corrected chi connectivity index (χ4v) is 2.26. The largest absolute Gasteiger partial charge is 0.496 e. The van der Waals surface area contributed by atoms with Crippen LogP contribution in [0.25, 0.3) is 11.3 Å². The smallest absolute Gasteiger partial charge is 0.131 e. The fraction of sp³-hybridized carbons (Fsp3) is 0.400. The summed E-state index contributed by atoms with van der Waals surface area (Å²) in [5.74, 6) is 1.85. The molecule has 0 saturated heterocycles. The number of aromatic amines is 1. The number of hydrogen-bond acceptors (Lipinski definition) is 3. The van der Waals surface area contributed by atoms with Crippen molar-refractivity contribution in [3.05, 3.63) is 35.3 Å². The zero-order valence-electron chi connectivity index (χ0n) is 12.0. The van der Waals surface area contributed by atoms with E-state index in [1.54, 1.807) is 7.11 Å². The number of aromatic nitrogens is 2. The van der Waals surface area contributed by atoms with Crippen LogP contribution < -0.4 is 10.1 Å². The van der Waals surface area contributed by atoms with Gasteiger partial charge in [-0.05, 0) is 37.6 Å². The molecular formula is C15H21N3O.